The van der Waals surface area contributed by atoms with Crippen molar-refractivity contribution in [3.63, 3.8) is 0 Å². The molecule has 2 aromatic rings. The van der Waals surface area contributed by atoms with Crippen LogP contribution in [-0.4, -0.2) is 6.04 Å². The molecule has 100 valence electrons. The molecule has 3 heteroatoms. The number of rotatable bonds is 4. The lowest BCUT2D eigenvalue weighted by atomic mass is 10.1. The van der Waals surface area contributed by atoms with Gasteiger partial charge in [-0.1, -0.05) is 41.9 Å². The largest absolute Gasteiger partial charge is 0.307 e. The summed E-state index contributed by atoms with van der Waals surface area (Å²) in [5.41, 5.74) is 2.82. The molecule has 0 radical (unpaired) electrons. The van der Waals surface area contributed by atoms with E-state index in [4.69, 9.17) is 11.6 Å². The van der Waals surface area contributed by atoms with Crippen LogP contribution in [0.4, 0.5) is 0 Å². The van der Waals surface area contributed by atoms with Crippen LogP contribution >= 0.6 is 22.9 Å². The molecule has 0 bridgehead atoms. The van der Waals surface area contributed by atoms with E-state index < -0.39 is 0 Å². The van der Waals surface area contributed by atoms with E-state index in [1.807, 2.05) is 0 Å². The van der Waals surface area contributed by atoms with Crippen molar-refractivity contribution in [3.8, 4) is 0 Å². The quantitative estimate of drug-likeness (QED) is 0.867. The van der Waals surface area contributed by atoms with Gasteiger partial charge in [0.2, 0.25) is 0 Å². The highest BCUT2D eigenvalue weighted by molar-refractivity contribution is 7.16. The highest BCUT2D eigenvalue weighted by Crippen LogP contribution is 2.39. The predicted molar refractivity (Wildman–Crippen MR) is 83.1 cm³/mol. The monoisotopic (exact) mass is 291 g/mol. The smallest absolute Gasteiger partial charge is 0.0934 e. The topological polar surface area (TPSA) is 12.0 Å². The molecule has 2 unspecified atom stereocenters. The Morgan fingerprint density at radius 3 is 2.95 bits per heavy atom. The minimum Gasteiger partial charge on any atom is -0.307 e. The Labute approximate surface area is 123 Å². The molecule has 3 rings (SSSR count). The zero-order chi connectivity index (χ0) is 13.2. The Hall–Kier alpha value is -0.830. The summed E-state index contributed by atoms with van der Waals surface area (Å²) in [4.78, 5) is 1.47. The molecule has 0 saturated heterocycles. The Morgan fingerprint density at radius 2 is 2.16 bits per heavy atom. The third kappa shape index (κ3) is 3.02. The summed E-state index contributed by atoms with van der Waals surface area (Å²) in [6, 6.07) is 13.8. The summed E-state index contributed by atoms with van der Waals surface area (Å²) < 4.78 is 0.923. The Morgan fingerprint density at radius 1 is 1.37 bits per heavy atom. The zero-order valence-corrected chi connectivity index (χ0v) is 12.6. The van der Waals surface area contributed by atoms with Crippen LogP contribution < -0.4 is 5.32 Å². The molecular formula is C16H18ClNS. The van der Waals surface area contributed by atoms with Gasteiger partial charge in [0.15, 0.2) is 0 Å². The van der Waals surface area contributed by atoms with Crippen LogP contribution in [0.25, 0.3) is 0 Å². The average molecular weight is 292 g/mol. The predicted octanol–water partition coefficient (Wildman–Crippen LogP) is 4.61. The Balaban J connectivity index is 1.63. The van der Waals surface area contributed by atoms with Gasteiger partial charge < -0.3 is 5.32 Å². The molecule has 1 nitrogen and oxygen atoms in total. The summed E-state index contributed by atoms with van der Waals surface area (Å²) in [5, 5.41) is 3.74. The molecule has 1 N–H and O–H groups in total. The standard InChI is InChI=1S/C16H18ClNS/c1-11(9-12-5-3-2-4-6-12)18-14-7-8-15-13(14)10-16(17)19-15/h2-6,10-11,14,18H,7-9H2,1H3. The molecule has 1 heterocycles. The summed E-state index contributed by atoms with van der Waals surface area (Å²) >= 11 is 7.84. The summed E-state index contributed by atoms with van der Waals surface area (Å²) in [6.45, 7) is 2.26. The van der Waals surface area contributed by atoms with Gasteiger partial charge in [0, 0.05) is 17.0 Å². The van der Waals surface area contributed by atoms with E-state index in [9.17, 15) is 0 Å². The van der Waals surface area contributed by atoms with Gasteiger partial charge >= 0.3 is 0 Å². The van der Waals surface area contributed by atoms with Gasteiger partial charge in [0.25, 0.3) is 0 Å². The fraction of sp³-hybridized carbons (Fsp3) is 0.375. The number of thiophene rings is 1. The van der Waals surface area contributed by atoms with Gasteiger partial charge in [-0.15, -0.1) is 11.3 Å². The SMILES string of the molecule is CC(Cc1ccccc1)NC1CCc2sc(Cl)cc21. The molecule has 0 spiro atoms. The van der Waals surface area contributed by atoms with Crippen LogP contribution in [0, 0.1) is 0 Å². The Kier molecular flexibility index (Phi) is 3.92. The lowest BCUT2D eigenvalue weighted by Gasteiger charge is -2.20. The van der Waals surface area contributed by atoms with Gasteiger partial charge in [0.05, 0.1) is 4.34 Å². The average Bonchev–Trinajstić information content (AvgIpc) is 2.91. The van der Waals surface area contributed by atoms with E-state index in [0.29, 0.717) is 12.1 Å². The molecule has 1 aromatic heterocycles. The van der Waals surface area contributed by atoms with Crippen molar-refractivity contribution in [1.82, 2.24) is 5.32 Å². The van der Waals surface area contributed by atoms with E-state index in [0.717, 1.165) is 10.8 Å². The van der Waals surface area contributed by atoms with Crippen molar-refractivity contribution in [2.45, 2.75) is 38.3 Å². The third-order valence-corrected chi connectivity index (χ3v) is 5.06. The zero-order valence-electron chi connectivity index (χ0n) is 11.0. The summed E-state index contributed by atoms with van der Waals surface area (Å²) in [7, 11) is 0. The number of hydrogen-bond donors (Lipinski definition) is 1. The van der Waals surface area contributed by atoms with Gasteiger partial charge in [-0.2, -0.15) is 0 Å². The van der Waals surface area contributed by atoms with Crippen molar-refractivity contribution in [2.24, 2.45) is 0 Å². The van der Waals surface area contributed by atoms with Gasteiger partial charge in [-0.05, 0) is 43.4 Å². The highest BCUT2D eigenvalue weighted by atomic mass is 35.5. The molecule has 0 fully saturated rings. The number of aryl methyl sites for hydroxylation is 1. The Bertz CT molecular complexity index is 549. The number of halogens is 1. The van der Waals surface area contributed by atoms with Gasteiger partial charge in [-0.25, -0.2) is 0 Å². The van der Waals surface area contributed by atoms with Crippen LogP contribution in [0.5, 0.6) is 0 Å². The lowest BCUT2D eigenvalue weighted by molar-refractivity contribution is 0.451. The summed E-state index contributed by atoms with van der Waals surface area (Å²) in [5.74, 6) is 0. The van der Waals surface area contributed by atoms with Crippen molar-refractivity contribution < 1.29 is 0 Å². The van der Waals surface area contributed by atoms with E-state index in [1.54, 1.807) is 11.3 Å². The van der Waals surface area contributed by atoms with E-state index >= 15 is 0 Å². The molecular weight excluding hydrogens is 274 g/mol. The van der Waals surface area contributed by atoms with Crippen molar-refractivity contribution in [1.29, 1.82) is 0 Å². The second-order valence-corrected chi connectivity index (χ2v) is 7.05. The maximum atomic E-state index is 6.10. The normalized spacial score (nSPS) is 19.4. The number of benzene rings is 1. The van der Waals surface area contributed by atoms with Crippen LogP contribution in [0.1, 0.15) is 35.4 Å². The van der Waals surface area contributed by atoms with Crippen molar-refractivity contribution in [2.75, 3.05) is 0 Å². The molecule has 2 atom stereocenters. The molecule has 1 aliphatic carbocycles. The molecule has 0 saturated carbocycles. The number of fused-ring (bicyclic) bond motifs is 1. The van der Waals surface area contributed by atoms with Crippen LogP contribution in [0.15, 0.2) is 36.4 Å². The fourth-order valence-electron chi connectivity index (χ4n) is 2.87. The first-order chi connectivity index (χ1) is 9.22. The van der Waals surface area contributed by atoms with Gasteiger partial charge in [-0.3, -0.25) is 0 Å². The minimum absolute atomic E-state index is 0.483. The van der Waals surface area contributed by atoms with E-state index in [1.165, 1.54) is 28.8 Å². The number of hydrogen-bond acceptors (Lipinski definition) is 2. The molecule has 1 aliphatic rings. The summed E-state index contributed by atoms with van der Waals surface area (Å²) in [6.07, 6.45) is 3.45. The molecule has 19 heavy (non-hydrogen) atoms. The maximum absolute atomic E-state index is 6.10. The van der Waals surface area contributed by atoms with Crippen molar-refractivity contribution >= 4 is 22.9 Å². The van der Waals surface area contributed by atoms with Crippen LogP contribution in [-0.2, 0) is 12.8 Å². The molecule has 0 amide bonds. The van der Waals surface area contributed by atoms with Gasteiger partial charge in [0.1, 0.15) is 0 Å². The molecule has 1 aromatic carbocycles. The second-order valence-electron chi connectivity index (χ2n) is 5.28. The van der Waals surface area contributed by atoms with Crippen LogP contribution in [0.3, 0.4) is 0 Å². The van der Waals surface area contributed by atoms with E-state index in [2.05, 4.69) is 48.6 Å². The lowest BCUT2D eigenvalue weighted by Crippen LogP contribution is -2.31. The van der Waals surface area contributed by atoms with E-state index in [-0.39, 0.29) is 0 Å². The maximum Gasteiger partial charge on any atom is 0.0934 e. The highest BCUT2D eigenvalue weighted by Gasteiger charge is 2.25. The molecule has 0 aliphatic heterocycles. The third-order valence-electron chi connectivity index (χ3n) is 3.72. The first-order valence-electron chi connectivity index (χ1n) is 6.80. The van der Waals surface area contributed by atoms with Crippen LogP contribution in [0.2, 0.25) is 4.34 Å². The van der Waals surface area contributed by atoms with Crippen molar-refractivity contribution in [3.05, 3.63) is 56.7 Å². The fourth-order valence-corrected chi connectivity index (χ4v) is 4.23. The first kappa shape index (κ1) is 13.2. The first-order valence-corrected chi connectivity index (χ1v) is 8.00. The number of nitrogens with one attached hydrogen (secondary N) is 1. The minimum atomic E-state index is 0.483. The second kappa shape index (κ2) is 5.66.